The van der Waals surface area contributed by atoms with Gasteiger partial charge in [0.1, 0.15) is 5.82 Å². The van der Waals surface area contributed by atoms with Gasteiger partial charge in [-0.2, -0.15) is 13.2 Å². The van der Waals surface area contributed by atoms with Crippen LogP contribution in [0, 0.1) is 0 Å². The molecule has 1 atom stereocenters. The lowest BCUT2D eigenvalue weighted by molar-refractivity contribution is -0.137. The van der Waals surface area contributed by atoms with Gasteiger partial charge in [0.2, 0.25) is 0 Å². The number of morpholine rings is 1. The Bertz CT molecular complexity index is 455. The van der Waals surface area contributed by atoms with E-state index in [1.165, 1.54) is 0 Å². The fourth-order valence-corrected chi connectivity index (χ4v) is 2.16. The standard InChI is InChI=1S/C11H13ClF3N3O/c12-9-3-7(11(13,14)15)5-17-10(9)18-1-2-19-8(4-16)6-18/h3,5,8H,1-2,4,6,16H2. The Morgan fingerprint density at radius 3 is 2.84 bits per heavy atom. The molecule has 1 aliphatic heterocycles. The van der Waals surface area contributed by atoms with Gasteiger partial charge in [0.05, 0.1) is 23.3 Å². The maximum atomic E-state index is 12.5. The van der Waals surface area contributed by atoms with E-state index < -0.39 is 11.7 Å². The average Bonchev–Trinajstić information content (AvgIpc) is 2.37. The number of alkyl halides is 3. The Labute approximate surface area is 113 Å². The summed E-state index contributed by atoms with van der Waals surface area (Å²) in [6, 6.07) is 0.886. The molecule has 1 unspecified atom stereocenters. The molecule has 0 bridgehead atoms. The average molecular weight is 296 g/mol. The molecule has 2 N–H and O–H groups in total. The van der Waals surface area contributed by atoms with E-state index in [-0.39, 0.29) is 11.1 Å². The lowest BCUT2D eigenvalue weighted by Crippen LogP contribution is -2.46. The van der Waals surface area contributed by atoms with E-state index in [2.05, 4.69) is 4.98 Å². The van der Waals surface area contributed by atoms with Gasteiger partial charge < -0.3 is 15.4 Å². The van der Waals surface area contributed by atoms with Gasteiger partial charge in [-0.15, -0.1) is 0 Å². The van der Waals surface area contributed by atoms with Crippen molar-refractivity contribution in [1.82, 2.24) is 4.98 Å². The Kier molecular flexibility index (Phi) is 4.17. The van der Waals surface area contributed by atoms with Crippen LogP contribution in [0.1, 0.15) is 5.56 Å². The first-order valence-electron chi connectivity index (χ1n) is 5.71. The number of nitrogens with two attached hydrogens (primary N) is 1. The molecule has 0 spiro atoms. The number of aromatic nitrogens is 1. The van der Waals surface area contributed by atoms with Crippen molar-refractivity contribution in [2.45, 2.75) is 12.3 Å². The maximum absolute atomic E-state index is 12.5. The van der Waals surface area contributed by atoms with Gasteiger partial charge in [-0.1, -0.05) is 11.6 Å². The van der Waals surface area contributed by atoms with Crippen LogP contribution in [0.3, 0.4) is 0 Å². The third kappa shape index (κ3) is 3.29. The molecule has 1 aliphatic rings. The number of ether oxygens (including phenoxy) is 1. The van der Waals surface area contributed by atoms with Gasteiger partial charge in [-0.25, -0.2) is 4.98 Å². The molecule has 0 aromatic carbocycles. The first kappa shape index (κ1) is 14.4. The van der Waals surface area contributed by atoms with Gasteiger partial charge in [0.25, 0.3) is 0 Å². The van der Waals surface area contributed by atoms with E-state index in [1.54, 1.807) is 4.90 Å². The summed E-state index contributed by atoms with van der Waals surface area (Å²) in [7, 11) is 0. The molecule has 0 amide bonds. The molecule has 2 rings (SSSR count). The molecule has 19 heavy (non-hydrogen) atoms. The van der Waals surface area contributed by atoms with Crippen molar-refractivity contribution in [3.63, 3.8) is 0 Å². The largest absolute Gasteiger partial charge is 0.417 e. The highest BCUT2D eigenvalue weighted by Crippen LogP contribution is 2.33. The Morgan fingerprint density at radius 1 is 1.53 bits per heavy atom. The highest BCUT2D eigenvalue weighted by molar-refractivity contribution is 6.33. The minimum atomic E-state index is -4.44. The van der Waals surface area contributed by atoms with Crippen molar-refractivity contribution in [3.05, 3.63) is 22.8 Å². The number of hydrogen-bond donors (Lipinski definition) is 1. The van der Waals surface area contributed by atoms with Crippen LogP contribution in [0.4, 0.5) is 19.0 Å². The molecular weight excluding hydrogens is 283 g/mol. The topological polar surface area (TPSA) is 51.4 Å². The summed E-state index contributed by atoms with van der Waals surface area (Å²) < 4.78 is 42.9. The number of hydrogen-bond acceptors (Lipinski definition) is 4. The predicted molar refractivity (Wildman–Crippen MR) is 65.3 cm³/mol. The highest BCUT2D eigenvalue weighted by Gasteiger charge is 2.32. The second-order valence-corrected chi connectivity index (χ2v) is 4.61. The summed E-state index contributed by atoms with van der Waals surface area (Å²) in [4.78, 5) is 5.60. The minimum Gasteiger partial charge on any atom is -0.373 e. The summed E-state index contributed by atoms with van der Waals surface area (Å²) in [5.74, 6) is 0.330. The smallest absolute Gasteiger partial charge is 0.373 e. The second-order valence-electron chi connectivity index (χ2n) is 4.20. The molecule has 8 heteroatoms. The van der Waals surface area contributed by atoms with E-state index in [0.717, 1.165) is 12.3 Å². The monoisotopic (exact) mass is 295 g/mol. The summed E-state index contributed by atoms with van der Waals surface area (Å²) in [6.45, 7) is 1.78. The third-order valence-corrected chi connectivity index (χ3v) is 3.13. The molecule has 4 nitrogen and oxygen atoms in total. The van der Waals surface area contributed by atoms with Crippen LogP contribution < -0.4 is 10.6 Å². The zero-order valence-corrected chi connectivity index (χ0v) is 10.7. The van der Waals surface area contributed by atoms with Gasteiger partial charge in [-0.3, -0.25) is 0 Å². The quantitative estimate of drug-likeness (QED) is 0.906. The molecule has 0 radical (unpaired) electrons. The molecule has 2 heterocycles. The fraction of sp³-hybridized carbons (Fsp3) is 0.545. The van der Waals surface area contributed by atoms with Crippen molar-refractivity contribution < 1.29 is 17.9 Å². The molecule has 106 valence electrons. The summed E-state index contributed by atoms with van der Waals surface area (Å²) in [5, 5.41) is -0.0208. The van der Waals surface area contributed by atoms with E-state index >= 15 is 0 Å². The van der Waals surface area contributed by atoms with Gasteiger partial charge in [0, 0.05) is 25.8 Å². The Balaban J connectivity index is 2.21. The van der Waals surface area contributed by atoms with Crippen LogP contribution >= 0.6 is 11.6 Å². The van der Waals surface area contributed by atoms with E-state index in [4.69, 9.17) is 22.1 Å². The lowest BCUT2D eigenvalue weighted by Gasteiger charge is -2.33. The van der Waals surface area contributed by atoms with E-state index in [1.807, 2.05) is 0 Å². The predicted octanol–water partition coefficient (Wildman–Crippen LogP) is 1.92. The van der Waals surface area contributed by atoms with Crippen LogP contribution in [-0.2, 0) is 10.9 Å². The zero-order chi connectivity index (χ0) is 14.0. The van der Waals surface area contributed by atoms with Gasteiger partial charge in [-0.05, 0) is 6.07 Å². The molecule has 0 saturated carbocycles. The van der Waals surface area contributed by atoms with Crippen molar-refractivity contribution in [2.75, 3.05) is 31.1 Å². The van der Waals surface area contributed by atoms with Crippen molar-refractivity contribution >= 4 is 17.4 Å². The van der Waals surface area contributed by atoms with Crippen LogP contribution in [-0.4, -0.2) is 37.3 Å². The maximum Gasteiger partial charge on any atom is 0.417 e. The van der Waals surface area contributed by atoms with Crippen molar-refractivity contribution in [1.29, 1.82) is 0 Å². The van der Waals surface area contributed by atoms with Gasteiger partial charge >= 0.3 is 6.18 Å². The number of halogens is 4. The van der Waals surface area contributed by atoms with E-state index in [0.29, 0.717) is 32.1 Å². The van der Waals surface area contributed by atoms with Crippen LogP contribution in [0.25, 0.3) is 0 Å². The molecule has 1 aromatic heterocycles. The molecule has 1 fully saturated rings. The van der Waals surface area contributed by atoms with E-state index in [9.17, 15) is 13.2 Å². The summed E-state index contributed by atoms with van der Waals surface area (Å²) >= 11 is 5.88. The summed E-state index contributed by atoms with van der Waals surface area (Å²) in [6.07, 6.45) is -3.82. The molecule has 0 aliphatic carbocycles. The number of rotatable bonds is 2. The molecular formula is C11H13ClF3N3O. The first-order chi connectivity index (χ1) is 8.91. The third-order valence-electron chi connectivity index (χ3n) is 2.85. The minimum absolute atomic E-state index is 0.0208. The number of nitrogens with zero attached hydrogens (tertiary/aromatic N) is 2. The zero-order valence-electron chi connectivity index (χ0n) is 9.95. The second kappa shape index (κ2) is 5.52. The summed E-state index contributed by atoms with van der Waals surface area (Å²) in [5.41, 5.74) is 4.65. The lowest BCUT2D eigenvalue weighted by atomic mass is 10.2. The van der Waals surface area contributed by atoms with Crippen molar-refractivity contribution in [3.8, 4) is 0 Å². The van der Waals surface area contributed by atoms with Gasteiger partial charge in [0.15, 0.2) is 0 Å². The molecule has 1 saturated heterocycles. The SMILES string of the molecule is NCC1CN(c2ncc(C(F)(F)F)cc2Cl)CCO1. The number of anilines is 1. The Morgan fingerprint density at radius 2 is 2.26 bits per heavy atom. The fourth-order valence-electron chi connectivity index (χ4n) is 1.87. The highest BCUT2D eigenvalue weighted by atomic mass is 35.5. The van der Waals surface area contributed by atoms with Crippen LogP contribution in [0.2, 0.25) is 5.02 Å². The normalized spacial score (nSPS) is 20.7. The van der Waals surface area contributed by atoms with Crippen LogP contribution in [0.15, 0.2) is 12.3 Å². The number of pyridine rings is 1. The van der Waals surface area contributed by atoms with Crippen LogP contribution in [0.5, 0.6) is 0 Å². The van der Waals surface area contributed by atoms with Crippen molar-refractivity contribution in [2.24, 2.45) is 5.73 Å². The first-order valence-corrected chi connectivity index (χ1v) is 6.09. The Hall–Kier alpha value is -1.05. The molecule has 1 aromatic rings.